The molecule has 1 aromatic carbocycles. The number of benzene rings is 1. The summed E-state index contributed by atoms with van der Waals surface area (Å²) in [4.78, 5) is 4.03. The lowest BCUT2D eigenvalue weighted by molar-refractivity contribution is -0.274. The highest BCUT2D eigenvalue weighted by Crippen LogP contribution is 2.36. The Labute approximate surface area is 149 Å². The molecular formula is C15H14F6N4O2. The van der Waals surface area contributed by atoms with E-state index < -0.39 is 24.8 Å². The maximum absolute atomic E-state index is 12.4. The number of hydrogen-bond acceptors (Lipinski definition) is 6. The third-order valence-corrected chi connectivity index (χ3v) is 3.19. The Balaban J connectivity index is 2.39. The monoisotopic (exact) mass is 396 g/mol. The van der Waals surface area contributed by atoms with E-state index in [9.17, 15) is 26.3 Å². The van der Waals surface area contributed by atoms with E-state index in [0.29, 0.717) is 0 Å². The fourth-order valence-corrected chi connectivity index (χ4v) is 2.12. The van der Waals surface area contributed by atoms with E-state index >= 15 is 0 Å². The van der Waals surface area contributed by atoms with Crippen LogP contribution >= 0.6 is 0 Å². The molecule has 0 atom stereocenters. The molecule has 0 bridgehead atoms. The van der Waals surface area contributed by atoms with Crippen LogP contribution in [-0.2, 0) is 0 Å². The number of pyridine rings is 1. The Kier molecular flexibility index (Phi) is 5.88. The number of hydrazine groups is 1. The summed E-state index contributed by atoms with van der Waals surface area (Å²) in [5.74, 6) is 4.54. The zero-order valence-corrected chi connectivity index (χ0v) is 13.7. The van der Waals surface area contributed by atoms with E-state index in [2.05, 4.69) is 20.5 Å². The van der Waals surface area contributed by atoms with E-state index in [1.165, 1.54) is 25.3 Å². The number of aromatic nitrogens is 1. The summed E-state index contributed by atoms with van der Waals surface area (Å²) in [6, 6.07) is 6.04. The van der Waals surface area contributed by atoms with Crippen molar-refractivity contribution in [3.8, 4) is 22.8 Å². The van der Waals surface area contributed by atoms with Crippen molar-refractivity contribution in [2.24, 2.45) is 5.84 Å². The topological polar surface area (TPSA) is 81.4 Å². The quantitative estimate of drug-likeness (QED) is 0.390. The van der Waals surface area contributed by atoms with Gasteiger partial charge in [0.2, 0.25) is 0 Å². The first-order chi connectivity index (χ1) is 12.5. The van der Waals surface area contributed by atoms with Crippen LogP contribution in [0.2, 0.25) is 0 Å². The molecule has 0 saturated carbocycles. The van der Waals surface area contributed by atoms with Crippen molar-refractivity contribution in [1.82, 2.24) is 4.98 Å². The molecule has 2 aromatic rings. The highest BCUT2D eigenvalue weighted by atomic mass is 19.4. The lowest BCUT2D eigenvalue weighted by Gasteiger charge is -2.16. The second-order valence-corrected chi connectivity index (χ2v) is 5.12. The van der Waals surface area contributed by atoms with Gasteiger partial charge in [0.1, 0.15) is 18.0 Å². The molecular weight excluding hydrogens is 382 g/mol. The Morgan fingerprint density at radius 3 is 2.33 bits per heavy atom. The molecule has 0 aliphatic carbocycles. The number of anilines is 2. The predicted molar refractivity (Wildman–Crippen MR) is 85.3 cm³/mol. The molecule has 6 nitrogen and oxygen atoms in total. The molecule has 0 unspecified atom stereocenters. The molecule has 0 radical (unpaired) electrons. The molecule has 27 heavy (non-hydrogen) atoms. The van der Waals surface area contributed by atoms with Gasteiger partial charge in [-0.3, -0.25) is 5.84 Å². The van der Waals surface area contributed by atoms with Gasteiger partial charge in [0.15, 0.2) is 5.82 Å². The van der Waals surface area contributed by atoms with Gasteiger partial charge in [0, 0.05) is 11.6 Å². The summed E-state index contributed by atoms with van der Waals surface area (Å²) < 4.78 is 83.1. The minimum Gasteiger partial charge on any atom is -0.496 e. The number of nitrogens with two attached hydrogens (primary N) is 1. The Morgan fingerprint density at radius 2 is 1.78 bits per heavy atom. The first-order valence-electron chi connectivity index (χ1n) is 7.25. The number of nitrogens with one attached hydrogen (secondary N) is 2. The van der Waals surface area contributed by atoms with Gasteiger partial charge in [0.05, 0.1) is 18.5 Å². The van der Waals surface area contributed by atoms with Crippen molar-refractivity contribution < 1.29 is 35.8 Å². The van der Waals surface area contributed by atoms with Gasteiger partial charge in [-0.15, -0.1) is 13.2 Å². The lowest BCUT2D eigenvalue weighted by atomic mass is 10.1. The number of hydrogen-bond donors (Lipinski definition) is 3. The Bertz CT molecular complexity index is 795. The standard InChI is InChI=1S/C15H14F6N4O2/c1-26-12-6-8(27-15(19,20)21)2-3-9(12)10-4-5-11(25-22)13(24-10)23-7-14(16,17)18/h2-6,25H,7,22H2,1H3,(H,23,24). The van der Waals surface area contributed by atoms with Gasteiger partial charge < -0.3 is 20.2 Å². The minimum absolute atomic E-state index is 0.0144. The number of rotatable bonds is 6. The third kappa shape index (κ3) is 5.81. The van der Waals surface area contributed by atoms with Crippen LogP contribution in [0.5, 0.6) is 11.5 Å². The van der Waals surface area contributed by atoms with Crippen LogP contribution in [0.25, 0.3) is 11.3 Å². The fraction of sp³-hybridized carbons (Fsp3) is 0.267. The van der Waals surface area contributed by atoms with Gasteiger partial charge in [-0.1, -0.05) is 0 Å². The number of alkyl halides is 6. The van der Waals surface area contributed by atoms with Crippen LogP contribution in [-0.4, -0.2) is 31.2 Å². The summed E-state index contributed by atoms with van der Waals surface area (Å²) in [6.45, 7) is -1.35. The molecule has 2 rings (SSSR count). The second kappa shape index (κ2) is 7.78. The van der Waals surface area contributed by atoms with Crippen LogP contribution in [0.15, 0.2) is 30.3 Å². The van der Waals surface area contributed by atoms with Crippen LogP contribution in [0.4, 0.5) is 37.8 Å². The average molecular weight is 396 g/mol. The zero-order valence-electron chi connectivity index (χ0n) is 13.7. The summed E-state index contributed by atoms with van der Waals surface area (Å²) in [5.41, 5.74) is 2.69. The van der Waals surface area contributed by atoms with Gasteiger partial charge in [-0.25, -0.2) is 4.98 Å². The number of methoxy groups -OCH3 is 1. The van der Waals surface area contributed by atoms with Crippen molar-refractivity contribution in [2.45, 2.75) is 12.5 Å². The molecule has 12 heteroatoms. The summed E-state index contributed by atoms with van der Waals surface area (Å²) >= 11 is 0. The molecule has 1 heterocycles. The SMILES string of the molecule is COc1cc(OC(F)(F)F)ccc1-c1ccc(NN)c(NCC(F)(F)F)n1. The molecule has 1 aromatic heterocycles. The molecule has 4 N–H and O–H groups in total. The van der Waals surface area contributed by atoms with Crippen LogP contribution in [0, 0.1) is 0 Å². The number of nitrogens with zero attached hydrogens (tertiary/aromatic N) is 1. The lowest BCUT2D eigenvalue weighted by Crippen LogP contribution is -2.23. The number of ether oxygens (including phenoxy) is 2. The van der Waals surface area contributed by atoms with Crippen molar-refractivity contribution in [1.29, 1.82) is 0 Å². The highest BCUT2D eigenvalue weighted by Gasteiger charge is 2.31. The number of nitrogen functional groups attached to an aromatic ring is 1. The van der Waals surface area contributed by atoms with E-state index in [0.717, 1.165) is 12.1 Å². The molecule has 0 aliphatic rings. The van der Waals surface area contributed by atoms with Crippen molar-refractivity contribution in [3.05, 3.63) is 30.3 Å². The van der Waals surface area contributed by atoms with E-state index in [1.807, 2.05) is 0 Å². The van der Waals surface area contributed by atoms with Gasteiger partial charge in [-0.05, 0) is 24.3 Å². The molecule has 0 saturated heterocycles. The summed E-state index contributed by atoms with van der Waals surface area (Å²) in [5, 5.41) is 2.10. The summed E-state index contributed by atoms with van der Waals surface area (Å²) in [6.07, 6.45) is -9.37. The summed E-state index contributed by atoms with van der Waals surface area (Å²) in [7, 11) is 1.22. The van der Waals surface area contributed by atoms with E-state index in [-0.39, 0.29) is 28.5 Å². The van der Waals surface area contributed by atoms with Crippen molar-refractivity contribution in [2.75, 3.05) is 24.4 Å². The maximum atomic E-state index is 12.4. The van der Waals surface area contributed by atoms with Crippen LogP contribution in [0.3, 0.4) is 0 Å². The van der Waals surface area contributed by atoms with Crippen molar-refractivity contribution >= 4 is 11.5 Å². The van der Waals surface area contributed by atoms with Crippen LogP contribution < -0.4 is 26.1 Å². The number of halogens is 6. The second-order valence-electron chi connectivity index (χ2n) is 5.12. The molecule has 148 valence electrons. The molecule has 0 fully saturated rings. The highest BCUT2D eigenvalue weighted by molar-refractivity contribution is 5.74. The van der Waals surface area contributed by atoms with Crippen LogP contribution in [0.1, 0.15) is 0 Å². The minimum atomic E-state index is -4.88. The molecule has 0 spiro atoms. The fourth-order valence-electron chi connectivity index (χ4n) is 2.12. The van der Waals surface area contributed by atoms with E-state index in [1.54, 1.807) is 0 Å². The Morgan fingerprint density at radius 1 is 1.07 bits per heavy atom. The first kappa shape index (κ1) is 20.4. The smallest absolute Gasteiger partial charge is 0.496 e. The van der Waals surface area contributed by atoms with E-state index in [4.69, 9.17) is 10.6 Å². The molecule has 0 aliphatic heterocycles. The third-order valence-electron chi connectivity index (χ3n) is 3.19. The normalized spacial score (nSPS) is 11.9. The maximum Gasteiger partial charge on any atom is 0.573 e. The van der Waals surface area contributed by atoms with Gasteiger partial charge >= 0.3 is 12.5 Å². The predicted octanol–water partition coefficient (Wildman–Crippen LogP) is 3.92. The average Bonchev–Trinajstić information content (AvgIpc) is 2.57. The van der Waals surface area contributed by atoms with Crippen molar-refractivity contribution in [3.63, 3.8) is 0 Å². The van der Waals surface area contributed by atoms with Gasteiger partial charge in [-0.2, -0.15) is 13.2 Å². The first-order valence-corrected chi connectivity index (χ1v) is 7.25. The zero-order chi connectivity index (χ0) is 20.2. The van der Waals surface area contributed by atoms with Gasteiger partial charge in [0.25, 0.3) is 0 Å². The largest absolute Gasteiger partial charge is 0.573 e. The Hall–Kier alpha value is -2.89. The molecule has 0 amide bonds.